The number of carboxylic acid groups (broad SMARTS) is 1. The van der Waals surface area contributed by atoms with Crippen molar-refractivity contribution in [2.45, 2.75) is 31.9 Å². The Morgan fingerprint density at radius 2 is 1.82 bits per heavy atom. The lowest BCUT2D eigenvalue weighted by Gasteiger charge is -2.49. The number of alkyl halides is 3. The van der Waals surface area contributed by atoms with Crippen LogP contribution in [0.3, 0.4) is 0 Å². The maximum Gasteiger partial charge on any atom is 0.490 e. The Balaban J connectivity index is 0.000000505. The zero-order chi connectivity index (χ0) is 28.1. The number of anilines is 1. The molecule has 1 aromatic carbocycles. The second-order valence-corrected chi connectivity index (χ2v) is 9.43. The summed E-state index contributed by atoms with van der Waals surface area (Å²) in [4.78, 5) is 49.2. The molecule has 1 unspecified atom stereocenters. The first-order valence-corrected chi connectivity index (χ1v) is 12.1. The van der Waals surface area contributed by atoms with Gasteiger partial charge < -0.3 is 25.2 Å². The average Bonchev–Trinajstić information content (AvgIpc) is 2.88. The molecule has 1 atom stereocenters. The van der Waals surface area contributed by atoms with E-state index in [0.29, 0.717) is 30.1 Å². The molecule has 3 heterocycles. The predicted octanol–water partition coefficient (Wildman–Crippen LogP) is 1.60. The third kappa shape index (κ3) is 6.54. The number of likely N-dealkylation sites (tertiary alicyclic amines) is 1. The van der Waals surface area contributed by atoms with Gasteiger partial charge in [0.25, 0.3) is 5.91 Å². The summed E-state index contributed by atoms with van der Waals surface area (Å²) in [5.74, 6) is -2.45. The van der Waals surface area contributed by atoms with E-state index in [4.69, 9.17) is 14.6 Å². The summed E-state index contributed by atoms with van der Waals surface area (Å²) in [7, 11) is 1.51. The van der Waals surface area contributed by atoms with Crippen LogP contribution in [0.5, 0.6) is 5.75 Å². The van der Waals surface area contributed by atoms with Crippen molar-refractivity contribution < 1.29 is 47.3 Å². The number of rotatable bonds is 4. The van der Waals surface area contributed by atoms with E-state index in [-0.39, 0.29) is 42.7 Å². The lowest BCUT2D eigenvalue weighted by atomic mass is 9.65. The Labute approximate surface area is 216 Å². The third-order valence-electron chi connectivity index (χ3n) is 7.34. The molecule has 1 spiro atoms. The van der Waals surface area contributed by atoms with Gasteiger partial charge in [-0.05, 0) is 49.4 Å². The maximum absolute atomic E-state index is 13.2. The number of carboxylic acids is 1. The molecule has 0 aromatic heterocycles. The Kier molecular flexibility index (Phi) is 9.20. The van der Waals surface area contributed by atoms with Crippen LogP contribution in [-0.4, -0.2) is 91.5 Å². The molecular weight excluding hydrogens is 513 g/mol. The number of aliphatic hydroxyl groups is 1. The molecule has 14 heteroatoms. The summed E-state index contributed by atoms with van der Waals surface area (Å²) in [6, 6.07) is 4.55. The highest BCUT2D eigenvalue weighted by molar-refractivity contribution is 6.07. The van der Waals surface area contributed by atoms with Crippen LogP contribution in [0, 0.1) is 11.3 Å². The van der Waals surface area contributed by atoms with E-state index in [1.807, 2.05) is 4.90 Å². The first kappa shape index (κ1) is 29.2. The molecule has 3 fully saturated rings. The number of hydrogen-bond acceptors (Lipinski definition) is 7. The topological polar surface area (TPSA) is 149 Å². The normalized spacial score (nSPS) is 21.3. The molecule has 210 valence electrons. The fourth-order valence-corrected chi connectivity index (χ4v) is 5.12. The van der Waals surface area contributed by atoms with E-state index < -0.39 is 18.2 Å². The summed E-state index contributed by atoms with van der Waals surface area (Å²) in [5.41, 5.74) is 1.06. The second kappa shape index (κ2) is 12.0. The largest absolute Gasteiger partial charge is 0.495 e. The molecular formula is C24H31F3N4O7. The summed E-state index contributed by atoms with van der Waals surface area (Å²) >= 11 is 0. The number of benzene rings is 1. The molecule has 4 rings (SSSR count). The Morgan fingerprint density at radius 1 is 1.16 bits per heavy atom. The number of aliphatic carboxylic acids is 1. The van der Waals surface area contributed by atoms with Gasteiger partial charge in [-0.1, -0.05) is 0 Å². The van der Waals surface area contributed by atoms with Crippen LogP contribution in [0.15, 0.2) is 18.2 Å². The molecule has 4 amide bonds. The van der Waals surface area contributed by atoms with Gasteiger partial charge in [-0.2, -0.15) is 13.2 Å². The molecule has 3 aliphatic heterocycles. The standard InChI is InChI=1S/C22H30N4O5.C2HF3O2/c1-31-18-3-2-15(12-17(18)26-9-4-19(28)24-21(26)30)20(29)25-10-6-22(7-11-25)5-8-23-13-16(22)14-27;3-2(4,5)1(6)7/h2-3,12,16,23,27H,4-11,13-14H2,1H3,(H,24,28,30);(H,6,7). The van der Waals surface area contributed by atoms with Crippen molar-refractivity contribution in [2.24, 2.45) is 11.3 Å². The lowest BCUT2D eigenvalue weighted by molar-refractivity contribution is -0.192. The fraction of sp³-hybridized carbons (Fsp3) is 0.583. The molecule has 38 heavy (non-hydrogen) atoms. The van der Waals surface area contributed by atoms with Crippen LogP contribution in [-0.2, 0) is 9.59 Å². The minimum atomic E-state index is -5.08. The number of hydrogen-bond donors (Lipinski definition) is 4. The molecule has 3 aliphatic rings. The van der Waals surface area contributed by atoms with E-state index in [1.54, 1.807) is 18.2 Å². The molecule has 3 saturated heterocycles. The number of methoxy groups -OCH3 is 1. The van der Waals surface area contributed by atoms with Gasteiger partial charge in [0.05, 0.1) is 12.8 Å². The van der Waals surface area contributed by atoms with Gasteiger partial charge in [-0.15, -0.1) is 0 Å². The average molecular weight is 545 g/mol. The number of amides is 4. The van der Waals surface area contributed by atoms with E-state index in [9.17, 15) is 32.7 Å². The smallest absolute Gasteiger partial charge is 0.490 e. The minimum Gasteiger partial charge on any atom is -0.495 e. The summed E-state index contributed by atoms with van der Waals surface area (Å²) in [6.07, 6.45) is -2.10. The van der Waals surface area contributed by atoms with Crippen molar-refractivity contribution in [3.8, 4) is 5.75 Å². The zero-order valence-corrected chi connectivity index (χ0v) is 20.8. The predicted molar refractivity (Wildman–Crippen MR) is 128 cm³/mol. The first-order valence-electron chi connectivity index (χ1n) is 12.1. The lowest BCUT2D eigenvalue weighted by Crippen LogP contribution is -2.53. The number of nitrogens with one attached hydrogen (secondary N) is 2. The van der Waals surface area contributed by atoms with Crippen LogP contribution in [0.25, 0.3) is 0 Å². The number of ether oxygens (including phenoxy) is 1. The Hall–Kier alpha value is -3.39. The summed E-state index contributed by atoms with van der Waals surface area (Å²) in [6.45, 7) is 3.48. The second-order valence-electron chi connectivity index (χ2n) is 9.43. The summed E-state index contributed by atoms with van der Waals surface area (Å²) < 4.78 is 37.1. The monoisotopic (exact) mass is 544 g/mol. The van der Waals surface area contributed by atoms with Crippen LogP contribution in [0.2, 0.25) is 0 Å². The van der Waals surface area contributed by atoms with Crippen LogP contribution in [0.4, 0.5) is 23.7 Å². The number of carbonyl (C=O) groups is 4. The third-order valence-corrected chi connectivity index (χ3v) is 7.34. The number of imide groups is 1. The van der Waals surface area contributed by atoms with Gasteiger partial charge in [0.2, 0.25) is 5.91 Å². The number of halogens is 3. The number of aliphatic hydroxyl groups excluding tert-OH is 1. The van der Waals surface area contributed by atoms with Crippen molar-refractivity contribution in [3.05, 3.63) is 23.8 Å². The van der Waals surface area contributed by atoms with Gasteiger partial charge >= 0.3 is 18.2 Å². The van der Waals surface area contributed by atoms with E-state index in [0.717, 1.165) is 32.4 Å². The van der Waals surface area contributed by atoms with Crippen LogP contribution >= 0.6 is 0 Å². The van der Waals surface area contributed by atoms with Crippen molar-refractivity contribution >= 4 is 29.5 Å². The number of nitrogens with zero attached hydrogens (tertiary/aromatic N) is 2. The highest BCUT2D eigenvalue weighted by Crippen LogP contribution is 2.43. The summed E-state index contributed by atoms with van der Waals surface area (Å²) in [5, 5.41) is 22.6. The first-order chi connectivity index (χ1) is 17.9. The van der Waals surface area contributed by atoms with Crippen LogP contribution in [0.1, 0.15) is 36.0 Å². The number of piperidine rings is 2. The molecule has 11 nitrogen and oxygen atoms in total. The molecule has 0 radical (unpaired) electrons. The molecule has 0 bridgehead atoms. The highest BCUT2D eigenvalue weighted by atomic mass is 19.4. The molecule has 1 aromatic rings. The van der Waals surface area contributed by atoms with Crippen molar-refractivity contribution in [3.63, 3.8) is 0 Å². The van der Waals surface area contributed by atoms with Crippen molar-refractivity contribution in [2.75, 3.05) is 51.3 Å². The molecule has 4 N–H and O–H groups in total. The van der Waals surface area contributed by atoms with Gasteiger partial charge in [-0.25, -0.2) is 9.59 Å². The zero-order valence-electron chi connectivity index (χ0n) is 20.8. The van der Waals surface area contributed by atoms with Crippen molar-refractivity contribution in [1.29, 1.82) is 0 Å². The SMILES string of the molecule is COc1ccc(C(=O)N2CCC3(CCNCC3CO)CC2)cc1N1CCC(=O)NC1=O.O=C(O)C(F)(F)F. The number of carbonyl (C=O) groups excluding carboxylic acids is 3. The van der Waals surface area contributed by atoms with Crippen LogP contribution < -0.4 is 20.3 Å². The van der Waals surface area contributed by atoms with Gasteiger partial charge in [0.1, 0.15) is 5.75 Å². The highest BCUT2D eigenvalue weighted by Gasteiger charge is 2.43. The Bertz CT molecular complexity index is 1060. The fourth-order valence-electron chi connectivity index (χ4n) is 5.12. The van der Waals surface area contributed by atoms with Crippen molar-refractivity contribution in [1.82, 2.24) is 15.5 Å². The molecule has 0 saturated carbocycles. The minimum absolute atomic E-state index is 0.0817. The van der Waals surface area contributed by atoms with Gasteiger partial charge in [-0.3, -0.25) is 19.8 Å². The van der Waals surface area contributed by atoms with E-state index in [1.165, 1.54) is 12.0 Å². The van der Waals surface area contributed by atoms with E-state index >= 15 is 0 Å². The van der Waals surface area contributed by atoms with Gasteiger partial charge in [0.15, 0.2) is 0 Å². The maximum atomic E-state index is 13.2. The van der Waals surface area contributed by atoms with E-state index in [2.05, 4.69) is 10.6 Å². The van der Waals surface area contributed by atoms with Gasteiger partial charge in [0, 0.05) is 50.7 Å². The quantitative estimate of drug-likeness (QED) is 0.447. The number of urea groups is 1. The Morgan fingerprint density at radius 3 is 2.37 bits per heavy atom. The molecule has 0 aliphatic carbocycles.